The highest BCUT2D eigenvalue weighted by Crippen LogP contribution is 2.18. The fraction of sp³-hybridized carbons (Fsp3) is 0.857. The summed E-state index contributed by atoms with van der Waals surface area (Å²) in [6.07, 6.45) is 2.36. The molecule has 1 N–H and O–H groups in total. The molecule has 1 rings (SSSR count). The van der Waals surface area contributed by atoms with Crippen molar-refractivity contribution < 1.29 is 14.7 Å². The molecule has 0 aromatic rings. The number of likely N-dealkylation sites (tertiary alicyclic amines) is 1. The Labute approximate surface area is 121 Å². The van der Waals surface area contributed by atoms with E-state index in [1.165, 1.54) is 0 Å². The van der Waals surface area contributed by atoms with Crippen molar-refractivity contribution in [3.63, 3.8) is 0 Å². The molecule has 2 amide bonds. The number of likely N-dealkylation sites (N-methyl/N-ethyl adjacent to an activating group) is 1. The largest absolute Gasteiger partial charge is 0.481 e. The lowest BCUT2D eigenvalue weighted by Crippen LogP contribution is -2.50. The molecule has 0 spiro atoms. The lowest BCUT2D eigenvalue weighted by Gasteiger charge is -2.35. The van der Waals surface area contributed by atoms with Crippen LogP contribution in [-0.4, -0.2) is 78.6 Å². The molecular weight excluding hydrogens is 258 g/mol. The van der Waals surface area contributed by atoms with Crippen molar-refractivity contribution in [1.82, 2.24) is 14.7 Å². The van der Waals surface area contributed by atoms with Crippen molar-refractivity contribution in [2.75, 3.05) is 46.8 Å². The van der Waals surface area contributed by atoms with Crippen LogP contribution in [0.5, 0.6) is 0 Å². The third-order valence-corrected chi connectivity index (χ3v) is 3.62. The van der Waals surface area contributed by atoms with E-state index < -0.39 is 11.9 Å². The summed E-state index contributed by atoms with van der Waals surface area (Å²) in [5, 5.41) is 9.10. The van der Waals surface area contributed by atoms with Gasteiger partial charge in [-0.15, -0.1) is 0 Å². The molecule has 1 heterocycles. The van der Waals surface area contributed by atoms with Crippen molar-refractivity contribution in [2.45, 2.75) is 26.2 Å². The van der Waals surface area contributed by atoms with Gasteiger partial charge in [-0.25, -0.2) is 4.79 Å². The van der Waals surface area contributed by atoms with Gasteiger partial charge in [-0.05, 0) is 33.4 Å². The fourth-order valence-electron chi connectivity index (χ4n) is 2.45. The van der Waals surface area contributed by atoms with Crippen LogP contribution in [0.2, 0.25) is 0 Å². The third-order valence-electron chi connectivity index (χ3n) is 3.62. The monoisotopic (exact) mass is 285 g/mol. The number of aliphatic carboxylic acids is 1. The maximum atomic E-state index is 12.5. The molecule has 1 saturated heterocycles. The number of urea groups is 1. The van der Waals surface area contributed by atoms with Crippen molar-refractivity contribution in [3.8, 4) is 0 Å². The standard InChI is InChI=1S/C14H27N3O3/c1-4-7-16(10-9-15(2)3)14(20)17-8-5-6-12(11-17)13(18)19/h12H,4-11H2,1-3H3,(H,18,19)/t12-/m0/s1. The van der Waals surface area contributed by atoms with Crippen molar-refractivity contribution in [3.05, 3.63) is 0 Å². The Balaban J connectivity index is 2.60. The van der Waals surface area contributed by atoms with Gasteiger partial charge in [0.05, 0.1) is 5.92 Å². The molecule has 0 aromatic carbocycles. The van der Waals surface area contributed by atoms with Gasteiger partial charge in [-0.3, -0.25) is 4.79 Å². The molecule has 6 nitrogen and oxygen atoms in total. The summed E-state index contributed by atoms with van der Waals surface area (Å²) in [5.74, 6) is -1.21. The molecule has 0 saturated carbocycles. The zero-order valence-corrected chi connectivity index (χ0v) is 12.8. The SMILES string of the molecule is CCCN(CCN(C)C)C(=O)N1CCC[C@H](C(=O)O)C1. The third kappa shape index (κ3) is 5.00. The van der Waals surface area contributed by atoms with Crippen LogP contribution in [0.3, 0.4) is 0 Å². The van der Waals surface area contributed by atoms with Gasteiger partial charge >= 0.3 is 12.0 Å². The second kappa shape index (κ2) is 8.09. The number of hydrogen-bond donors (Lipinski definition) is 1. The number of amides is 2. The lowest BCUT2D eigenvalue weighted by molar-refractivity contribution is -0.143. The number of nitrogens with zero attached hydrogens (tertiary/aromatic N) is 3. The number of carboxylic acids is 1. The summed E-state index contributed by atoms with van der Waals surface area (Å²) in [7, 11) is 3.96. The van der Waals surface area contributed by atoms with Crippen LogP contribution in [0.1, 0.15) is 26.2 Å². The summed E-state index contributed by atoms with van der Waals surface area (Å²) >= 11 is 0. The molecule has 1 atom stereocenters. The first-order valence-electron chi connectivity index (χ1n) is 7.37. The Hall–Kier alpha value is -1.30. The highest BCUT2D eigenvalue weighted by Gasteiger charge is 2.30. The van der Waals surface area contributed by atoms with Gasteiger partial charge in [-0.2, -0.15) is 0 Å². The number of rotatable bonds is 6. The van der Waals surface area contributed by atoms with E-state index in [1.807, 2.05) is 30.8 Å². The Morgan fingerprint density at radius 3 is 2.50 bits per heavy atom. The summed E-state index contributed by atoms with van der Waals surface area (Å²) < 4.78 is 0. The molecule has 1 fully saturated rings. The van der Waals surface area contributed by atoms with Crippen LogP contribution in [0.4, 0.5) is 4.79 Å². The lowest BCUT2D eigenvalue weighted by atomic mass is 9.98. The van der Waals surface area contributed by atoms with E-state index in [1.54, 1.807) is 4.90 Å². The topological polar surface area (TPSA) is 64.1 Å². The first-order chi connectivity index (χ1) is 9.45. The van der Waals surface area contributed by atoms with Crippen LogP contribution < -0.4 is 0 Å². The average Bonchev–Trinajstić information content (AvgIpc) is 2.42. The fourth-order valence-corrected chi connectivity index (χ4v) is 2.45. The van der Waals surface area contributed by atoms with E-state index in [-0.39, 0.29) is 6.03 Å². The zero-order chi connectivity index (χ0) is 15.1. The highest BCUT2D eigenvalue weighted by atomic mass is 16.4. The minimum Gasteiger partial charge on any atom is -0.481 e. The number of carbonyl (C=O) groups excluding carboxylic acids is 1. The summed E-state index contributed by atoms with van der Waals surface area (Å²) in [5.41, 5.74) is 0. The second-order valence-corrected chi connectivity index (χ2v) is 5.70. The predicted octanol–water partition coefficient (Wildman–Crippen LogP) is 1.18. The molecule has 116 valence electrons. The Kier molecular flexibility index (Phi) is 6.78. The van der Waals surface area contributed by atoms with E-state index in [9.17, 15) is 9.59 Å². The highest BCUT2D eigenvalue weighted by molar-refractivity contribution is 5.76. The Morgan fingerprint density at radius 1 is 1.25 bits per heavy atom. The number of carboxylic acid groups (broad SMARTS) is 1. The summed E-state index contributed by atoms with van der Waals surface area (Å²) in [4.78, 5) is 29.2. The van der Waals surface area contributed by atoms with Crippen LogP contribution in [0, 0.1) is 5.92 Å². The first kappa shape index (κ1) is 16.8. The van der Waals surface area contributed by atoms with Gasteiger partial charge < -0.3 is 19.8 Å². The zero-order valence-electron chi connectivity index (χ0n) is 12.8. The van der Waals surface area contributed by atoms with Gasteiger partial charge in [0.25, 0.3) is 0 Å². The van der Waals surface area contributed by atoms with Gasteiger partial charge in [0.15, 0.2) is 0 Å². The molecule has 0 aromatic heterocycles. The van der Waals surface area contributed by atoms with Gasteiger partial charge in [0, 0.05) is 32.7 Å². The van der Waals surface area contributed by atoms with Crippen LogP contribution in [-0.2, 0) is 4.79 Å². The van der Waals surface area contributed by atoms with Crippen molar-refractivity contribution >= 4 is 12.0 Å². The number of piperidine rings is 1. The first-order valence-corrected chi connectivity index (χ1v) is 7.37. The maximum absolute atomic E-state index is 12.5. The van der Waals surface area contributed by atoms with Crippen LogP contribution in [0.25, 0.3) is 0 Å². The van der Waals surface area contributed by atoms with E-state index >= 15 is 0 Å². The van der Waals surface area contributed by atoms with Crippen molar-refractivity contribution in [2.24, 2.45) is 5.92 Å². The molecule has 6 heteroatoms. The van der Waals surface area contributed by atoms with Gasteiger partial charge in [-0.1, -0.05) is 6.92 Å². The van der Waals surface area contributed by atoms with Crippen molar-refractivity contribution in [1.29, 1.82) is 0 Å². The minimum atomic E-state index is -0.794. The van der Waals surface area contributed by atoms with Crippen LogP contribution >= 0.6 is 0 Å². The Morgan fingerprint density at radius 2 is 1.95 bits per heavy atom. The van der Waals surface area contributed by atoms with E-state index in [0.29, 0.717) is 26.1 Å². The van der Waals surface area contributed by atoms with Gasteiger partial charge in [0.1, 0.15) is 0 Å². The summed E-state index contributed by atoms with van der Waals surface area (Å²) in [6.45, 7) is 5.30. The Bertz CT molecular complexity index is 334. The molecule has 1 aliphatic heterocycles. The molecular formula is C14H27N3O3. The molecule has 0 radical (unpaired) electrons. The normalized spacial score (nSPS) is 19.2. The minimum absolute atomic E-state index is 0.0142. The maximum Gasteiger partial charge on any atom is 0.320 e. The van der Waals surface area contributed by atoms with Crippen LogP contribution in [0.15, 0.2) is 0 Å². The van der Waals surface area contributed by atoms with E-state index in [0.717, 1.165) is 25.9 Å². The molecule has 0 unspecified atom stereocenters. The molecule has 0 bridgehead atoms. The second-order valence-electron chi connectivity index (χ2n) is 5.70. The van der Waals surface area contributed by atoms with Gasteiger partial charge in [0.2, 0.25) is 0 Å². The quantitative estimate of drug-likeness (QED) is 0.796. The average molecular weight is 285 g/mol. The molecule has 0 aliphatic carbocycles. The van der Waals surface area contributed by atoms with E-state index in [4.69, 9.17) is 5.11 Å². The number of carbonyl (C=O) groups is 2. The predicted molar refractivity (Wildman–Crippen MR) is 77.7 cm³/mol. The number of hydrogen-bond acceptors (Lipinski definition) is 3. The van der Waals surface area contributed by atoms with E-state index in [2.05, 4.69) is 0 Å². The molecule has 20 heavy (non-hydrogen) atoms. The molecule has 1 aliphatic rings. The summed E-state index contributed by atoms with van der Waals surface area (Å²) in [6, 6.07) is -0.0142. The smallest absolute Gasteiger partial charge is 0.320 e.